The van der Waals surface area contributed by atoms with Crippen molar-refractivity contribution >= 4 is 23.4 Å². The van der Waals surface area contributed by atoms with Gasteiger partial charge in [0.05, 0.1) is 12.8 Å². The number of anilines is 1. The Morgan fingerprint density at radius 2 is 1.80 bits per heavy atom. The molecule has 1 aliphatic rings. The van der Waals surface area contributed by atoms with Crippen molar-refractivity contribution in [3.63, 3.8) is 0 Å². The first-order valence-electron chi connectivity index (χ1n) is 11.9. The predicted molar refractivity (Wildman–Crippen MR) is 132 cm³/mol. The minimum atomic E-state index is -0.924. The van der Waals surface area contributed by atoms with Crippen LogP contribution in [-0.4, -0.2) is 35.3 Å². The number of furan rings is 1. The Morgan fingerprint density at radius 3 is 2.49 bits per heavy atom. The third-order valence-corrected chi connectivity index (χ3v) is 6.48. The van der Waals surface area contributed by atoms with Gasteiger partial charge in [-0.3, -0.25) is 24.3 Å². The molecule has 3 amide bonds. The van der Waals surface area contributed by atoms with Gasteiger partial charge in [0.15, 0.2) is 5.76 Å². The molecule has 0 saturated heterocycles. The average Bonchev–Trinajstić information content (AvgIpc) is 3.58. The lowest BCUT2D eigenvalue weighted by atomic mass is 10.0. The second-order valence-corrected chi connectivity index (χ2v) is 8.82. The molecule has 0 bridgehead atoms. The zero-order valence-corrected chi connectivity index (χ0v) is 20.0. The van der Waals surface area contributed by atoms with Gasteiger partial charge in [0.25, 0.3) is 5.91 Å². The maximum atomic E-state index is 13.7. The number of nitrogens with one attached hydrogen (secondary N) is 2. The summed E-state index contributed by atoms with van der Waals surface area (Å²) in [4.78, 5) is 45.4. The topological polar surface area (TPSA) is 105 Å². The van der Waals surface area contributed by atoms with E-state index in [1.165, 1.54) is 17.2 Å². The molecule has 2 N–H and O–H groups in total. The quantitative estimate of drug-likeness (QED) is 0.516. The summed E-state index contributed by atoms with van der Waals surface area (Å²) >= 11 is 0. The molecule has 0 aliphatic heterocycles. The van der Waals surface area contributed by atoms with E-state index in [1.807, 2.05) is 32.0 Å². The number of aromatic nitrogens is 1. The monoisotopic (exact) mass is 474 g/mol. The average molecular weight is 475 g/mol. The Balaban J connectivity index is 1.70. The molecular weight excluding hydrogens is 444 g/mol. The lowest BCUT2D eigenvalue weighted by Crippen LogP contribution is -2.49. The van der Waals surface area contributed by atoms with Crippen molar-refractivity contribution in [2.24, 2.45) is 0 Å². The Bertz CT molecular complexity index is 1170. The Morgan fingerprint density at radius 1 is 1.06 bits per heavy atom. The lowest BCUT2D eigenvalue weighted by Gasteiger charge is -2.33. The van der Waals surface area contributed by atoms with Crippen LogP contribution in [0.2, 0.25) is 0 Å². The molecule has 8 nitrogen and oxygen atoms in total. The molecule has 4 rings (SSSR count). The van der Waals surface area contributed by atoms with Gasteiger partial charge in [-0.05, 0) is 73.7 Å². The van der Waals surface area contributed by atoms with Crippen LogP contribution in [0, 0.1) is 13.8 Å². The van der Waals surface area contributed by atoms with Crippen LogP contribution in [-0.2, 0) is 9.59 Å². The highest BCUT2D eigenvalue weighted by Gasteiger charge is 2.35. The van der Waals surface area contributed by atoms with Crippen molar-refractivity contribution in [3.8, 4) is 0 Å². The Hall–Kier alpha value is -3.94. The number of benzene rings is 1. The Kier molecular flexibility index (Phi) is 7.60. The molecule has 1 fully saturated rings. The normalized spacial score (nSPS) is 14.3. The van der Waals surface area contributed by atoms with Gasteiger partial charge in [-0.1, -0.05) is 25.0 Å². The first-order valence-corrected chi connectivity index (χ1v) is 11.9. The van der Waals surface area contributed by atoms with Crippen molar-refractivity contribution < 1.29 is 18.8 Å². The highest BCUT2D eigenvalue weighted by atomic mass is 16.3. The van der Waals surface area contributed by atoms with Gasteiger partial charge in [-0.2, -0.15) is 0 Å². The van der Waals surface area contributed by atoms with E-state index in [-0.39, 0.29) is 24.3 Å². The van der Waals surface area contributed by atoms with Crippen molar-refractivity contribution in [3.05, 3.63) is 83.6 Å². The van der Waals surface area contributed by atoms with Crippen LogP contribution in [0.25, 0.3) is 0 Å². The molecule has 2 aromatic heterocycles. The third kappa shape index (κ3) is 5.59. The second-order valence-electron chi connectivity index (χ2n) is 8.82. The molecule has 1 aromatic carbocycles. The molecule has 8 heteroatoms. The fraction of sp³-hybridized carbons (Fsp3) is 0.333. The van der Waals surface area contributed by atoms with Gasteiger partial charge in [-0.15, -0.1) is 0 Å². The smallest absolute Gasteiger partial charge is 0.287 e. The zero-order chi connectivity index (χ0) is 24.8. The minimum Gasteiger partial charge on any atom is -0.459 e. The van der Waals surface area contributed by atoms with E-state index in [1.54, 1.807) is 30.6 Å². The lowest BCUT2D eigenvalue weighted by molar-refractivity contribution is -0.126. The van der Waals surface area contributed by atoms with E-state index in [0.29, 0.717) is 11.3 Å². The number of carbonyl (C=O) groups excluding carboxylic acids is 3. The number of hydrogen-bond acceptors (Lipinski definition) is 5. The van der Waals surface area contributed by atoms with Crippen LogP contribution < -0.4 is 15.5 Å². The maximum absolute atomic E-state index is 13.7. The summed E-state index contributed by atoms with van der Waals surface area (Å²) in [6, 6.07) is 11.4. The van der Waals surface area contributed by atoms with E-state index in [9.17, 15) is 14.4 Å². The number of nitrogens with zero attached hydrogens (tertiary/aromatic N) is 2. The summed E-state index contributed by atoms with van der Waals surface area (Å²) in [5, 5.41) is 5.77. The van der Waals surface area contributed by atoms with Crippen molar-refractivity contribution in [2.45, 2.75) is 51.6 Å². The zero-order valence-electron chi connectivity index (χ0n) is 20.0. The van der Waals surface area contributed by atoms with Gasteiger partial charge in [0, 0.05) is 24.1 Å². The molecular formula is C27H30N4O4. The maximum Gasteiger partial charge on any atom is 0.287 e. The number of pyridine rings is 1. The highest BCUT2D eigenvalue weighted by molar-refractivity contribution is 6.04. The van der Waals surface area contributed by atoms with Gasteiger partial charge in [0.2, 0.25) is 11.8 Å². The summed E-state index contributed by atoms with van der Waals surface area (Å²) < 4.78 is 5.13. The Labute approximate surface area is 204 Å². The van der Waals surface area contributed by atoms with Crippen LogP contribution in [0.1, 0.15) is 59.0 Å². The van der Waals surface area contributed by atoms with E-state index < -0.39 is 17.9 Å². The van der Waals surface area contributed by atoms with Crippen LogP contribution in [0.5, 0.6) is 0 Å². The molecule has 1 aliphatic carbocycles. The molecule has 0 radical (unpaired) electrons. The first-order chi connectivity index (χ1) is 17.0. The van der Waals surface area contributed by atoms with E-state index in [4.69, 9.17) is 4.42 Å². The number of amides is 3. The van der Waals surface area contributed by atoms with Crippen LogP contribution in [0.15, 0.2) is 65.5 Å². The molecule has 3 aromatic rings. The van der Waals surface area contributed by atoms with Crippen LogP contribution in [0.3, 0.4) is 0 Å². The fourth-order valence-corrected chi connectivity index (χ4v) is 4.46. The summed E-state index contributed by atoms with van der Waals surface area (Å²) in [7, 11) is 0. The molecule has 0 spiro atoms. The summed E-state index contributed by atoms with van der Waals surface area (Å²) in [6.45, 7) is 3.58. The van der Waals surface area contributed by atoms with Gasteiger partial charge in [-0.25, -0.2) is 0 Å². The summed E-state index contributed by atoms with van der Waals surface area (Å²) in [5.74, 6) is -1.06. The molecule has 2 heterocycles. The van der Waals surface area contributed by atoms with Crippen molar-refractivity contribution in [1.82, 2.24) is 15.6 Å². The second kappa shape index (κ2) is 11.0. The summed E-state index contributed by atoms with van der Waals surface area (Å²) in [6.07, 6.45) is 8.60. The molecule has 1 saturated carbocycles. The fourth-order valence-electron chi connectivity index (χ4n) is 4.46. The number of hydrogen-bond donors (Lipinski definition) is 2. The minimum absolute atomic E-state index is 0.0843. The van der Waals surface area contributed by atoms with E-state index in [2.05, 4.69) is 15.6 Å². The molecule has 182 valence electrons. The van der Waals surface area contributed by atoms with Gasteiger partial charge < -0.3 is 15.1 Å². The first kappa shape index (κ1) is 24.2. The SMILES string of the molecule is Cc1cccc(N(C(=O)CNC(=O)c2ccco2)C(C(=O)NC2CCCC2)c2ccncc2)c1C. The van der Waals surface area contributed by atoms with Crippen molar-refractivity contribution in [1.29, 1.82) is 0 Å². The van der Waals surface area contributed by atoms with Crippen molar-refractivity contribution in [2.75, 3.05) is 11.4 Å². The van der Waals surface area contributed by atoms with Gasteiger partial charge in [0.1, 0.15) is 6.04 Å². The standard InChI is InChI=1S/C27H30N4O4/c1-18-7-5-10-22(19(18)2)31(24(32)17-29-26(33)23-11-6-16-35-23)25(20-12-14-28-15-13-20)27(34)30-21-8-3-4-9-21/h5-7,10-16,21,25H,3-4,8-9,17H2,1-2H3,(H,29,33)(H,30,34). The number of carbonyl (C=O) groups is 3. The van der Waals surface area contributed by atoms with Gasteiger partial charge >= 0.3 is 0 Å². The third-order valence-electron chi connectivity index (χ3n) is 6.48. The highest BCUT2D eigenvalue weighted by Crippen LogP contribution is 2.32. The largest absolute Gasteiger partial charge is 0.459 e. The van der Waals surface area contributed by atoms with Crippen LogP contribution in [0.4, 0.5) is 5.69 Å². The van der Waals surface area contributed by atoms with E-state index in [0.717, 1.165) is 36.8 Å². The molecule has 1 atom stereocenters. The van der Waals surface area contributed by atoms with E-state index >= 15 is 0 Å². The number of rotatable bonds is 8. The predicted octanol–water partition coefficient (Wildman–Crippen LogP) is 3.85. The summed E-state index contributed by atoms with van der Waals surface area (Å²) in [5.41, 5.74) is 3.13. The van der Waals surface area contributed by atoms with Crippen LogP contribution >= 0.6 is 0 Å². The molecule has 1 unspecified atom stereocenters. The number of aryl methyl sites for hydroxylation is 1. The molecule has 35 heavy (non-hydrogen) atoms.